The Kier molecular flexibility index (Phi) is 9.58. The summed E-state index contributed by atoms with van der Waals surface area (Å²) in [5.74, 6) is 0.159. The molecule has 0 spiro atoms. The maximum atomic E-state index is 11.9. The molecule has 0 saturated heterocycles. The summed E-state index contributed by atoms with van der Waals surface area (Å²) in [6.45, 7) is 6.33. The monoisotopic (exact) mass is 335 g/mol. The maximum Gasteiger partial charge on any atom is 0.328 e. The molecular formula is C19H29NO4. The van der Waals surface area contributed by atoms with Crippen LogP contribution in [-0.2, 0) is 20.7 Å². The number of amides is 1. The van der Waals surface area contributed by atoms with Crippen molar-refractivity contribution in [3.8, 4) is 5.75 Å². The molecule has 1 amide bonds. The van der Waals surface area contributed by atoms with Gasteiger partial charge in [-0.25, -0.2) is 4.79 Å². The van der Waals surface area contributed by atoms with Crippen molar-refractivity contribution in [1.82, 2.24) is 5.32 Å². The Hall–Kier alpha value is -2.04. The first-order valence-electron chi connectivity index (χ1n) is 8.72. The van der Waals surface area contributed by atoms with Gasteiger partial charge in [0.15, 0.2) is 0 Å². The molecule has 24 heavy (non-hydrogen) atoms. The summed E-state index contributed by atoms with van der Waals surface area (Å²) in [6.07, 6.45) is 5.09. The van der Waals surface area contributed by atoms with Gasteiger partial charge >= 0.3 is 5.97 Å². The summed E-state index contributed by atoms with van der Waals surface area (Å²) in [6, 6.07) is 6.95. The van der Waals surface area contributed by atoms with Crippen LogP contribution in [0.3, 0.4) is 0 Å². The third-order valence-electron chi connectivity index (χ3n) is 3.58. The minimum absolute atomic E-state index is 0.250. The lowest BCUT2D eigenvalue weighted by molar-refractivity contribution is -0.147. The Morgan fingerprint density at radius 3 is 2.38 bits per heavy atom. The van der Waals surface area contributed by atoms with Crippen molar-refractivity contribution in [2.75, 3.05) is 13.2 Å². The van der Waals surface area contributed by atoms with Crippen LogP contribution in [0, 0.1) is 0 Å². The molecule has 1 aromatic carbocycles. The number of carbonyl (C=O) groups is 2. The smallest absolute Gasteiger partial charge is 0.328 e. The molecule has 0 aliphatic rings. The Bertz CT molecular complexity index is 499. The van der Waals surface area contributed by atoms with Gasteiger partial charge in [0, 0.05) is 13.3 Å². The van der Waals surface area contributed by atoms with Crippen LogP contribution < -0.4 is 10.1 Å². The van der Waals surface area contributed by atoms with Crippen LogP contribution in [0.5, 0.6) is 5.75 Å². The van der Waals surface area contributed by atoms with Gasteiger partial charge in [0.2, 0.25) is 5.91 Å². The molecule has 0 bridgehead atoms. The van der Waals surface area contributed by atoms with Crippen molar-refractivity contribution in [2.45, 2.75) is 58.9 Å². The molecule has 1 atom stereocenters. The Morgan fingerprint density at radius 2 is 1.79 bits per heavy atom. The first kappa shape index (κ1) is 20.0. The van der Waals surface area contributed by atoms with Crippen LogP contribution >= 0.6 is 0 Å². The quantitative estimate of drug-likeness (QED) is 0.498. The van der Waals surface area contributed by atoms with Gasteiger partial charge in [-0.05, 0) is 31.0 Å². The van der Waals surface area contributed by atoms with E-state index in [9.17, 15) is 9.59 Å². The summed E-state index contributed by atoms with van der Waals surface area (Å²) >= 11 is 0. The number of hydrogen-bond acceptors (Lipinski definition) is 4. The van der Waals surface area contributed by atoms with Gasteiger partial charge in [-0.2, -0.15) is 0 Å². The van der Waals surface area contributed by atoms with Gasteiger partial charge in [-0.15, -0.1) is 0 Å². The van der Waals surface area contributed by atoms with Crippen molar-refractivity contribution in [2.24, 2.45) is 0 Å². The van der Waals surface area contributed by atoms with E-state index < -0.39 is 12.0 Å². The summed E-state index contributed by atoms with van der Waals surface area (Å²) in [5, 5.41) is 2.64. The van der Waals surface area contributed by atoms with Crippen molar-refractivity contribution < 1.29 is 19.1 Å². The number of benzene rings is 1. The highest BCUT2D eigenvalue weighted by atomic mass is 16.5. The standard InChI is InChI=1S/C19H29NO4/c1-4-6-7-8-13-24-17-11-9-16(10-12-17)14-18(20-15(3)21)19(22)23-5-2/h9-12,18H,4-8,13-14H2,1-3H3,(H,20,21). The Labute approximate surface area is 144 Å². The number of ether oxygens (including phenoxy) is 2. The molecule has 1 N–H and O–H groups in total. The van der Waals surface area contributed by atoms with E-state index in [-0.39, 0.29) is 5.91 Å². The van der Waals surface area contributed by atoms with Crippen molar-refractivity contribution in [3.63, 3.8) is 0 Å². The highest BCUT2D eigenvalue weighted by Crippen LogP contribution is 2.15. The highest BCUT2D eigenvalue weighted by molar-refractivity contribution is 5.83. The zero-order chi connectivity index (χ0) is 17.8. The molecule has 134 valence electrons. The minimum Gasteiger partial charge on any atom is -0.494 e. The Morgan fingerprint density at radius 1 is 1.08 bits per heavy atom. The normalized spacial score (nSPS) is 11.6. The van der Waals surface area contributed by atoms with Crippen LogP contribution in [0.25, 0.3) is 0 Å². The third kappa shape index (κ3) is 7.99. The van der Waals surface area contributed by atoms with Crippen LogP contribution in [0.4, 0.5) is 0 Å². The van der Waals surface area contributed by atoms with Gasteiger partial charge < -0.3 is 14.8 Å². The number of carbonyl (C=O) groups excluding carboxylic acids is 2. The Balaban J connectivity index is 2.53. The molecule has 0 fully saturated rings. The summed E-state index contributed by atoms with van der Waals surface area (Å²) in [4.78, 5) is 23.2. The number of unbranched alkanes of at least 4 members (excludes halogenated alkanes) is 3. The minimum atomic E-state index is -0.664. The largest absolute Gasteiger partial charge is 0.494 e. The van der Waals surface area contributed by atoms with Crippen molar-refractivity contribution >= 4 is 11.9 Å². The molecule has 0 heterocycles. The molecule has 5 heteroatoms. The van der Waals surface area contributed by atoms with E-state index in [1.807, 2.05) is 24.3 Å². The van der Waals surface area contributed by atoms with Gasteiger partial charge in [-0.1, -0.05) is 38.3 Å². The molecular weight excluding hydrogens is 306 g/mol. The van der Waals surface area contributed by atoms with Gasteiger partial charge in [0.05, 0.1) is 13.2 Å². The lowest BCUT2D eigenvalue weighted by atomic mass is 10.1. The molecule has 1 aromatic rings. The van der Waals surface area contributed by atoms with Crippen LogP contribution in [0.1, 0.15) is 52.0 Å². The second-order valence-corrected chi connectivity index (χ2v) is 5.76. The van der Waals surface area contributed by atoms with Crippen LogP contribution in [0.2, 0.25) is 0 Å². The molecule has 0 aliphatic carbocycles. The SMILES string of the molecule is CCCCCCOc1ccc(CC(NC(C)=O)C(=O)OCC)cc1. The van der Waals surface area contributed by atoms with E-state index in [1.165, 1.54) is 26.2 Å². The zero-order valence-corrected chi connectivity index (χ0v) is 15.0. The van der Waals surface area contributed by atoms with E-state index in [0.29, 0.717) is 13.0 Å². The zero-order valence-electron chi connectivity index (χ0n) is 15.0. The number of hydrogen-bond donors (Lipinski definition) is 1. The number of rotatable bonds is 11. The predicted molar refractivity (Wildman–Crippen MR) is 94.0 cm³/mol. The highest BCUT2D eigenvalue weighted by Gasteiger charge is 2.21. The molecule has 0 saturated carbocycles. The number of esters is 1. The fourth-order valence-corrected chi connectivity index (χ4v) is 2.36. The molecule has 0 radical (unpaired) electrons. The molecule has 0 aromatic heterocycles. The first-order chi connectivity index (χ1) is 11.6. The van der Waals surface area contributed by atoms with E-state index in [2.05, 4.69) is 12.2 Å². The van der Waals surface area contributed by atoms with Crippen molar-refractivity contribution in [1.29, 1.82) is 0 Å². The predicted octanol–water partition coefficient (Wildman–Crippen LogP) is 3.26. The van der Waals surface area contributed by atoms with E-state index in [0.717, 1.165) is 24.3 Å². The first-order valence-corrected chi connectivity index (χ1v) is 8.72. The average molecular weight is 335 g/mol. The second-order valence-electron chi connectivity index (χ2n) is 5.76. The van der Waals surface area contributed by atoms with E-state index in [1.54, 1.807) is 6.92 Å². The second kappa shape index (κ2) is 11.5. The topological polar surface area (TPSA) is 64.6 Å². The van der Waals surface area contributed by atoms with Crippen LogP contribution in [0.15, 0.2) is 24.3 Å². The van der Waals surface area contributed by atoms with Gasteiger partial charge in [0.25, 0.3) is 0 Å². The summed E-state index contributed by atoms with van der Waals surface area (Å²) in [7, 11) is 0. The third-order valence-corrected chi connectivity index (χ3v) is 3.58. The summed E-state index contributed by atoms with van der Waals surface area (Å²) < 4.78 is 10.7. The average Bonchev–Trinajstić information content (AvgIpc) is 2.55. The van der Waals surface area contributed by atoms with Gasteiger partial charge in [0.1, 0.15) is 11.8 Å². The van der Waals surface area contributed by atoms with E-state index in [4.69, 9.17) is 9.47 Å². The fourth-order valence-electron chi connectivity index (χ4n) is 2.36. The van der Waals surface area contributed by atoms with Crippen molar-refractivity contribution in [3.05, 3.63) is 29.8 Å². The molecule has 5 nitrogen and oxygen atoms in total. The fraction of sp³-hybridized carbons (Fsp3) is 0.579. The van der Waals surface area contributed by atoms with Gasteiger partial charge in [-0.3, -0.25) is 4.79 Å². The van der Waals surface area contributed by atoms with Crippen LogP contribution in [-0.4, -0.2) is 31.1 Å². The molecule has 0 aliphatic heterocycles. The lowest BCUT2D eigenvalue weighted by Gasteiger charge is -2.16. The lowest BCUT2D eigenvalue weighted by Crippen LogP contribution is -2.42. The number of nitrogens with one attached hydrogen (secondary N) is 1. The molecule has 1 rings (SSSR count). The van der Waals surface area contributed by atoms with E-state index >= 15 is 0 Å². The molecule has 1 unspecified atom stereocenters. The summed E-state index contributed by atoms with van der Waals surface area (Å²) in [5.41, 5.74) is 0.945. The maximum absolute atomic E-state index is 11.9.